The van der Waals surface area contributed by atoms with E-state index in [1.54, 1.807) is 0 Å². The van der Waals surface area contributed by atoms with Crippen molar-refractivity contribution in [1.82, 2.24) is 10.2 Å². The second-order valence-corrected chi connectivity index (χ2v) is 7.45. The lowest BCUT2D eigenvalue weighted by Crippen LogP contribution is -2.50. The molecular weight excluding hydrogens is 302 g/mol. The average Bonchev–Trinajstić information content (AvgIpc) is 2.83. The van der Waals surface area contributed by atoms with E-state index in [1.807, 2.05) is 0 Å². The summed E-state index contributed by atoms with van der Waals surface area (Å²) >= 11 is 0. The maximum Gasteiger partial charge on any atom is 0.227 e. The summed E-state index contributed by atoms with van der Waals surface area (Å²) in [4.78, 5) is 17.2. The Balaban J connectivity index is 1.40. The molecule has 5 heteroatoms. The smallest absolute Gasteiger partial charge is 0.227 e. The van der Waals surface area contributed by atoms with Gasteiger partial charge in [-0.15, -0.1) is 0 Å². The minimum absolute atomic E-state index is 0.00713. The van der Waals surface area contributed by atoms with Crippen molar-refractivity contribution >= 4 is 11.6 Å². The van der Waals surface area contributed by atoms with Gasteiger partial charge in [0, 0.05) is 37.9 Å². The molecule has 0 spiro atoms. The zero-order valence-electron chi connectivity index (χ0n) is 14.4. The van der Waals surface area contributed by atoms with Crippen LogP contribution >= 0.6 is 0 Å². The molecular formula is C19H27N3O2. The molecule has 0 aromatic heterocycles. The highest BCUT2D eigenvalue weighted by Crippen LogP contribution is 2.25. The monoisotopic (exact) mass is 329 g/mol. The van der Waals surface area contributed by atoms with Crippen LogP contribution in [0.25, 0.3) is 0 Å². The number of ether oxygens (including phenoxy) is 1. The molecule has 3 aliphatic rings. The van der Waals surface area contributed by atoms with Gasteiger partial charge in [0.15, 0.2) is 0 Å². The number of benzene rings is 1. The van der Waals surface area contributed by atoms with Gasteiger partial charge in [-0.1, -0.05) is 12.1 Å². The van der Waals surface area contributed by atoms with E-state index in [0.717, 1.165) is 26.2 Å². The molecule has 3 saturated heterocycles. The Labute approximate surface area is 144 Å². The molecule has 5 nitrogen and oxygen atoms in total. The van der Waals surface area contributed by atoms with Gasteiger partial charge in [-0.3, -0.25) is 9.69 Å². The Morgan fingerprint density at radius 1 is 1.17 bits per heavy atom. The van der Waals surface area contributed by atoms with Gasteiger partial charge >= 0.3 is 0 Å². The number of aryl methyl sites for hydroxylation is 1. The second-order valence-electron chi connectivity index (χ2n) is 7.45. The van der Waals surface area contributed by atoms with Crippen molar-refractivity contribution in [3.05, 3.63) is 29.8 Å². The largest absolute Gasteiger partial charge is 0.378 e. The van der Waals surface area contributed by atoms with Gasteiger partial charge in [-0.05, 0) is 37.5 Å². The summed E-state index contributed by atoms with van der Waals surface area (Å²) in [6.45, 7) is 7.34. The van der Waals surface area contributed by atoms with Crippen LogP contribution in [0.15, 0.2) is 24.3 Å². The van der Waals surface area contributed by atoms with Gasteiger partial charge in [0.1, 0.15) is 0 Å². The number of anilines is 1. The van der Waals surface area contributed by atoms with Crippen molar-refractivity contribution in [3.63, 3.8) is 0 Å². The summed E-state index contributed by atoms with van der Waals surface area (Å²) in [5, 5.41) is 3.13. The first-order valence-corrected chi connectivity index (χ1v) is 9.13. The van der Waals surface area contributed by atoms with Crippen LogP contribution in [0.1, 0.15) is 18.4 Å². The van der Waals surface area contributed by atoms with Gasteiger partial charge < -0.3 is 15.0 Å². The predicted molar refractivity (Wildman–Crippen MR) is 94.2 cm³/mol. The minimum atomic E-state index is -0.00713. The molecule has 2 bridgehead atoms. The van der Waals surface area contributed by atoms with E-state index in [-0.39, 0.29) is 17.9 Å². The van der Waals surface area contributed by atoms with Crippen LogP contribution in [0.5, 0.6) is 0 Å². The number of carbonyl (C=O) groups excluding carboxylic acids is 1. The number of amides is 1. The van der Waals surface area contributed by atoms with Crippen LogP contribution in [0.4, 0.5) is 5.69 Å². The Hall–Kier alpha value is -1.59. The number of rotatable bonds is 2. The maximum atomic E-state index is 12.2. The number of nitrogens with zero attached hydrogens (tertiary/aromatic N) is 2. The highest BCUT2D eigenvalue weighted by atomic mass is 16.5. The summed E-state index contributed by atoms with van der Waals surface area (Å²) in [6.07, 6.45) is 2.34. The van der Waals surface area contributed by atoms with Gasteiger partial charge in [0.25, 0.3) is 0 Å². The second kappa shape index (κ2) is 6.73. The molecule has 1 amide bonds. The molecule has 2 atom stereocenters. The van der Waals surface area contributed by atoms with Crippen molar-refractivity contribution in [2.24, 2.45) is 5.92 Å². The molecule has 1 aromatic carbocycles. The molecule has 0 saturated carbocycles. The van der Waals surface area contributed by atoms with E-state index in [1.165, 1.54) is 24.1 Å². The summed E-state index contributed by atoms with van der Waals surface area (Å²) < 4.78 is 5.64. The third-order valence-corrected chi connectivity index (χ3v) is 5.61. The number of hydrogen-bond acceptors (Lipinski definition) is 4. The molecule has 24 heavy (non-hydrogen) atoms. The van der Waals surface area contributed by atoms with E-state index >= 15 is 0 Å². The molecule has 3 heterocycles. The van der Waals surface area contributed by atoms with Crippen LogP contribution in [-0.2, 0) is 9.53 Å². The SMILES string of the molecule is Cc1cccc(N2CCC(N3C[C@H]4COC[C@@H](C3)C(=O)N4)CC2)c1. The van der Waals surface area contributed by atoms with Crippen molar-refractivity contribution in [2.75, 3.05) is 44.3 Å². The summed E-state index contributed by atoms with van der Waals surface area (Å²) in [7, 11) is 0. The van der Waals surface area contributed by atoms with Crippen molar-refractivity contribution < 1.29 is 9.53 Å². The van der Waals surface area contributed by atoms with Crippen LogP contribution < -0.4 is 10.2 Å². The quantitative estimate of drug-likeness (QED) is 0.891. The van der Waals surface area contributed by atoms with Crippen molar-refractivity contribution in [3.8, 4) is 0 Å². The average molecular weight is 329 g/mol. The van der Waals surface area contributed by atoms with Gasteiger partial charge in [0.2, 0.25) is 5.91 Å². The van der Waals surface area contributed by atoms with Crippen LogP contribution in [0.2, 0.25) is 0 Å². The molecule has 0 unspecified atom stereocenters. The van der Waals surface area contributed by atoms with Crippen LogP contribution in [-0.4, -0.2) is 62.3 Å². The lowest BCUT2D eigenvalue weighted by atomic mass is 10.00. The van der Waals surface area contributed by atoms with E-state index in [9.17, 15) is 4.79 Å². The van der Waals surface area contributed by atoms with E-state index in [4.69, 9.17) is 4.74 Å². The third kappa shape index (κ3) is 3.28. The lowest BCUT2D eigenvalue weighted by Gasteiger charge is -2.41. The number of nitrogens with one attached hydrogen (secondary N) is 1. The Kier molecular flexibility index (Phi) is 4.46. The van der Waals surface area contributed by atoms with Gasteiger partial charge in [-0.2, -0.15) is 0 Å². The summed E-state index contributed by atoms with van der Waals surface area (Å²) in [6, 6.07) is 9.52. The fourth-order valence-corrected chi connectivity index (χ4v) is 4.28. The van der Waals surface area contributed by atoms with E-state index in [0.29, 0.717) is 19.3 Å². The highest BCUT2D eigenvalue weighted by molar-refractivity contribution is 5.80. The molecule has 1 N–H and O–H groups in total. The van der Waals surface area contributed by atoms with Gasteiger partial charge in [-0.25, -0.2) is 0 Å². The molecule has 0 radical (unpaired) electrons. The van der Waals surface area contributed by atoms with Crippen LogP contribution in [0.3, 0.4) is 0 Å². The van der Waals surface area contributed by atoms with E-state index in [2.05, 4.69) is 46.3 Å². The fourth-order valence-electron chi connectivity index (χ4n) is 4.28. The molecule has 130 valence electrons. The Bertz CT molecular complexity index is 598. The molecule has 0 aliphatic carbocycles. The lowest BCUT2D eigenvalue weighted by molar-refractivity contribution is -0.125. The predicted octanol–water partition coefficient (Wildman–Crippen LogP) is 1.41. The van der Waals surface area contributed by atoms with Gasteiger partial charge in [0.05, 0.1) is 25.2 Å². The number of hydrogen-bond donors (Lipinski definition) is 1. The number of piperidine rings is 1. The van der Waals surface area contributed by atoms with Crippen molar-refractivity contribution in [1.29, 1.82) is 0 Å². The number of carbonyl (C=O) groups is 1. The van der Waals surface area contributed by atoms with Crippen molar-refractivity contribution in [2.45, 2.75) is 31.8 Å². The molecule has 3 fully saturated rings. The minimum Gasteiger partial charge on any atom is -0.378 e. The summed E-state index contributed by atoms with van der Waals surface area (Å²) in [5.41, 5.74) is 2.66. The first-order valence-electron chi connectivity index (χ1n) is 9.13. The number of fused-ring (bicyclic) bond motifs is 3. The normalized spacial score (nSPS) is 29.2. The van der Waals surface area contributed by atoms with Crippen LogP contribution in [0, 0.1) is 12.8 Å². The Morgan fingerprint density at radius 3 is 2.79 bits per heavy atom. The molecule has 1 aromatic rings. The first-order chi connectivity index (χ1) is 11.7. The zero-order chi connectivity index (χ0) is 16.5. The topological polar surface area (TPSA) is 44.8 Å². The highest BCUT2D eigenvalue weighted by Gasteiger charge is 2.36. The third-order valence-electron chi connectivity index (χ3n) is 5.61. The molecule has 4 rings (SSSR count). The van der Waals surface area contributed by atoms with E-state index < -0.39 is 0 Å². The standard InChI is InChI=1S/C19H27N3O2/c1-14-3-2-4-18(9-14)21-7-5-17(6-8-21)22-10-15-12-24-13-16(11-22)20-19(15)23/h2-4,9,15-17H,5-8,10-13H2,1H3,(H,20,23)/t15-,16+/m1/s1. The molecule has 3 aliphatic heterocycles. The fraction of sp³-hybridized carbons (Fsp3) is 0.632. The Morgan fingerprint density at radius 2 is 2.00 bits per heavy atom. The first kappa shape index (κ1) is 15.9. The zero-order valence-corrected chi connectivity index (χ0v) is 14.4. The summed E-state index contributed by atoms with van der Waals surface area (Å²) in [5.74, 6) is 0.171. The maximum absolute atomic E-state index is 12.2.